The van der Waals surface area contributed by atoms with Gasteiger partial charge in [-0.15, -0.1) is 36.2 Å². The highest BCUT2D eigenvalue weighted by Crippen LogP contribution is 2.19. The molecule has 1 amide bonds. The molecule has 4 nitrogen and oxygen atoms in total. The number of benzene rings is 1. The molecule has 1 fully saturated rings. The molecule has 132 valence electrons. The largest absolute Gasteiger partial charge is 0.332 e. The topological polar surface area (TPSA) is 45.2 Å². The lowest BCUT2D eigenvalue weighted by Crippen LogP contribution is -2.52. The second-order valence-electron chi connectivity index (χ2n) is 5.45. The van der Waals surface area contributed by atoms with Gasteiger partial charge in [-0.25, -0.2) is 9.37 Å². The molecule has 0 spiro atoms. The molecule has 1 aromatic heterocycles. The van der Waals surface area contributed by atoms with Gasteiger partial charge in [0.1, 0.15) is 11.5 Å². The van der Waals surface area contributed by atoms with E-state index in [1.807, 2.05) is 11.8 Å². The van der Waals surface area contributed by atoms with Gasteiger partial charge in [0.25, 0.3) is 5.91 Å². The SMILES string of the molecule is C[C@H]1CNCCN1C(=O)c1csc(Cc2ccccc2F)n1.Cl.Cl. The van der Waals surface area contributed by atoms with Crippen LogP contribution < -0.4 is 5.32 Å². The summed E-state index contributed by atoms with van der Waals surface area (Å²) in [6.45, 7) is 4.33. The third-order valence-corrected chi connectivity index (χ3v) is 4.68. The van der Waals surface area contributed by atoms with E-state index >= 15 is 0 Å². The number of halogens is 3. The number of nitrogens with zero attached hydrogens (tertiary/aromatic N) is 2. The Morgan fingerprint density at radius 1 is 1.42 bits per heavy atom. The van der Waals surface area contributed by atoms with E-state index < -0.39 is 0 Å². The molecule has 0 unspecified atom stereocenters. The first kappa shape index (κ1) is 20.8. The van der Waals surface area contributed by atoms with Crippen LogP contribution >= 0.6 is 36.2 Å². The average Bonchev–Trinajstić information content (AvgIpc) is 2.98. The Hall–Kier alpha value is -1.21. The molecule has 8 heteroatoms. The molecule has 3 rings (SSSR count). The number of carbonyl (C=O) groups excluding carboxylic acids is 1. The summed E-state index contributed by atoms with van der Waals surface area (Å²) in [5, 5.41) is 5.79. The van der Waals surface area contributed by atoms with Crippen LogP contribution in [0.5, 0.6) is 0 Å². The summed E-state index contributed by atoms with van der Waals surface area (Å²) in [4.78, 5) is 18.8. The summed E-state index contributed by atoms with van der Waals surface area (Å²) in [6.07, 6.45) is 0.418. The van der Waals surface area contributed by atoms with Crippen LogP contribution in [0.25, 0.3) is 0 Å². The maximum absolute atomic E-state index is 13.7. The number of rotatable bonds is 3. The maximum Gasteiger partial charge on any atom is 0.273 e. The van der Waals surface area contributed by atoms with Crippen molar-refractivity contribution in [1.29, 1.82) is 0 Å². The second-order valence-corrected chi connectivity index (χ2v) is 6.39. The van der Waals surface area contributed by atoms with Crippen LogP contribution in [0, 0.1) is 5.82 Å². The highest BCUT2D eigenvalue weighted by Gasteiger charge is 2.25. The van der Waals surface area contributed by atoms with Gasteiger partial charge < -0.3 is 10.2 Å². The van der Waals surface area contributed by atoms with Crippen LogP contribution in [0.1, 0.15) is 28.0 Å². The van der Waals surface area contributed by atoms with E-state index in [0.29, 0.717) is 24.2 Å². The Labute approximate surface area is 157 Å². The van der Waals surface area contributed by atoms with Crippen LogP contribution in [0.4, 0.5) is 4.39 Å². The summed E-state index contributed by atoms with van der Waals surface area (Å²) >= 11 is 1.41. The lowest BCUT2D eigenvalue weighted by atomic mass is 10.1. The van der Waals surface area contributed by atoms with Gasteiger partial charge in [-0.3, -0.25) is 4.79 Å². The minimum atomic E-state index is -0.235. The molecule has 24 heavy (non-hydrogen) atoms. The molecule has 1 aliphatic heterocycles. The maximum atomic E-state index is 13.7. The van der Waals surface area contributed by atoms with Crippen LogP contribution in [-0.4, -0.2) is 41.5 Å². The predicted octanol–water partition coefficient (Wildman–Crippen LogP) is 3.15. The molecule has 0 radical (unpaired) electrons. The van der Waals surface area contributed by atoms with Crippen molar-refractivity contribution < 1.29 is 9.18 Å². The first-order valence-corrected chi connectivity index (χ1v) is 8.22. The van der Waals surface area contributed by atoms with Crippen molar-refractivity contribution in [2.75, 3.05) is 19.6 Å². The summed E-state index contributed by atoms with van der Waals surface area (Å²) in [6, 6.07) is 6.83. The van der Waals surface area contributed by atoms with Gasteiger partial charge in [0, 0.05) is 37.5 Å². The minimum absolute atomic E-state index is 0. The summed E-state index contributed by atoms with van der Waals surface area (Å²) < 4.78 is 13.7. The van der Waals surface area contributed by atoms with E-state index in [9.17, 15) is 9.18 Å². The fourth-order valence-electron chi connectivity index (χ4n) is 2.58. The zero-order valence-electron chi connectivity index (χ0n) is 13.2. The van der Waals surface area contributed by atoms with Gasteiger partial charge in [-0.2, -0.15) is 0 Å². The van der Waals surface area contributed by atoms with Gasteiger partial charge in [0.2, 0.25) is 0 Å². The van der Waals surface area contributed by atoms with Gasteiger partial charge >= 0.3 is 0 Å². The Morgan fingerprint density at radius 3 is 2.88 bits per heavy atom. The zero-order valence-corrected chi connectivity index (χ0v) is 15.6. The van der Waals surface area contributed by atoms with E-state index in [4.69, 9.17) is 0 Å². The van der Waals surface area contributed by atoms with Crippen LogP contribution in [-0.2, 0) is 6.42 Å². The number of nitrogens with one attached hydrogen (secondary N) is 1. The van der Waals surface area contributed by atoms with E-state index in [1.165, 1.54) is 17.4 Å². The number of hydrogen-bond donors (Lipinski definition) is 1. The standard InChI is InChI=1S/C16H18FN3OS.2ClH/c1-11-9-18-6-7-20(11)16(21)14-10-22-15(19-14)8-12-4-2-3-5-13(12)17;;/h2-5,10-11,18H,6-9H2,1H3;2*1H/t11-;;/m0../s1. The van der Waals surface area contributed by atoms with E-state index in [-0.39, 0.29) is 42.6 Å². The quantitative estimate of drug-likeness (QED) is 0.873. The van der Waals surface area contributed by atoms with Crippen LogP contribution in [0.2, 0.25) is 0 Å². The van der Waals surface area contributed by atoms with Gasteiger partial charge in [-0.05, 0) is 18.6 Å². The Kier molecular flexibility index (Phi) is 8.09. The monoisotopic (exact) mass is 391 g/mol. The molecule has 1 atom stereocenters. The van der Waals surface area contributed by atoms with Gasteiger partial charge in [0.15, 0.2) is 0 Å². The van der Waals surface area contributed by atoms with Crippen molar-refractivity contribution >= 4 is 42.1 Å². The molecule has 2 heterocycles. The van der Waals surface area contributed by atoms with E-state index in [0.717, 1.165) is 18.1 Å². The van der Waals surface area contributed by atoms with Crippen molar-refractivity contribution in [2.45, 2.75) is 19.4 Å². The number of thiazole rings is 1. The van der Waals surface area contributed by atoms with Crippen LogP contribution in [0.3, 0.4) is 0 Å². The van der Waals surface area contributed by atoms with Crippen molar-refractivity contribution in [3.63, 3.8) is 0 Å². The number of piperazine rings is 1. The average molecular weight is 392 g/mol. The Balaban J connectivity index is 0.00000144. The molecule has 0 aliphatic carbocycles. The van der Waals surface area contributed by atoms with Crippen LogP contribution in [0.15, 0.2) is 29.6 Å². The molecule has 1 saturated heterocycles. The van der Waals surface area contributed by atoms with Gasteiger partial charge in [-0.1, -0.05) is 18.2 Å². The lowest BCUT2D eigenvalue weighted by Gasteiger charge is -2.33. The molecule has 2 aromatic rings. The number of carbonyl (C=O) groups is 1. The third-order valence-electron chi connectivity index (χ3n) is 3.83. The number of amides is 1. The van der Waals surface area contributed by atoms with Crippen molar-refractivity contribution in [1.82, 2.24) is 15.2 Å². The van der Waals surface area contributed by atoms with E-state index in [2.05, 4.69) is 10.3 Å². The molecule has 1 aromatic carbocycles. The molecular weight excluding hydrogens is 372 g/mol. The van der Waals surface area contributed by atoms with Crippen molar-refractivity contribution in [3.8, 4) is 0 Å². The molecule has 1 N–H and O–H groups in total. The third kappa shape index (κ3) is 4.66. The minimum Gasteiger partial charge on any atom is -0.332 e. The summed E-state index contributed by atoms with van der Waals surface area (Å²) in [7, 11) is 0. The Morgan fingerprint density at radius 2 is 2.17 bits per heavy atom. The van der Waals surface area contributed by atoms with Crippen molar-refractivity contribution in [3.05, 3.63) is 51.7 Å². The van der Waals surface area contributed by atoms with Gasteiger partial charge in [0.05, 0.1) is 5.01 Å². The smallest absolute Gasteiger partial charge is 0.273 e. The van der Waals surface area contributed by atoms with Crippen molar-refractivity contribution in [2.24, 2.45) is 0 Å². The molecule has 0 saturated carbocycles. The summed E-state index contributed by atoms with van der Waals surface area (Å²) in [5.41, 5.74) is 1.07. The molecule has 0 bridgehead atoms. The second kappa shape index (κ2) is 9.32. The first-order chi connectivity index (χ1) is 10.6. The highest BCUT2D eigenvalue weighted by molar-refractivity contribution is 7.09. The first-order valence-electron chi connectivity index (χ1n) is 7.34. The zero-order chi connectivity index (χ0) is 15.5. The van der Waals surface area contributed by atoms with E-state index in [1.54, 1.807) is 23.6 Å². The lowest BCUT2D eigenvalue weighted by molar-refractivity contribution is 0.0650. The molecular formula is C16H20Cl2FN3OS. The number of aromatic nitrogens is 1. The fraction of sp³-hybridized carbons (Fsp3) is 0.375. The predicted molar refractivity (Wildman–Crippen MR) is 99.2 cm³/mol. The highest BCUT2D eigenvalue weighted by atomic mass is 35.5. The summed E-state index contributed by atoms with van der Waals surface area (Å²) in [5.74, 6) is -0.272. The fourth-order valence-corrected chi connectivity index (χ4v) is 3.38. The number of hydrogen-bond acceptors (Lipinski definition) is 4. The Bertz CT molecular complexity index is 683. The normalized spacial score (nSPS) is 16.9. The molecule has 1 aliphatic rings.